The number of benzene rings is 1. The van der Waals surface area contributed by atoms with Gasteiger partial charge in [-0.1, -0.05) is 30.3 Å². The van der Waals surface area contributed by atoms with Gasteiger partial charge in [0, 0.05) is 26.1 Å². The fourth-order valence-electron chi connectivity index (χ4n) is 2.04. The van der Waals surface area contributed by atoms with E-state index >= 15 is 0 Å². The van der Waals surface area contributed by atoms with Crippen molar-refractivity contribution in [1.82, 2.24) is 4.90 Å². The zero-order chi connectivity index (χ0) is 11.4. The summed E-state index contributed by atoms with van der Waals surface area (Å²) >= 11 is 0. The van der Waals surface area contributed by atoms with Crippen LogP contribution in [0.4, 0.5) is 0 Å². The van der Waals surface area contributed by atoms with E-state index in [0.717, 1.165) is 37.5 Å². The van der Waals surface area contributed by atoms with Crippen molar-refractivity contribution in [3.63, 3.8) is 0 Å². The number of nitrogens with zero attached hydrogens (tertiary/aromatic N) is 1. The van der Waals surface area contributed by atoms with E-state index in [4.69, 9.17) is 10.5 Å². The minimum Gasteiger partial charge on any atom is -0.499 e. The Morgan fingerprint density at radius 2 is 2.06 bits per heavy atom. The lowest BCUT2D eigenvalue weighted by Gasteiger charge is -2.28. The molecule has 16 heavy (non-hydrogen) atoms. The van der Waals surface area contributed by atoms with E-state index in [9.17, 15) is 0 Å². The first-order chi connectivity index (χ1) is 7.79. The smallest absolute Gasteiger partial charge is 0.117 e. The van der Waals surface area contributed by atoms with Gasteiger partial charge in [-0.15, -0.1) is 0 Å². The topological polar surface area (TPSA) is 38.5 Å². The number of rotatable bonds is 3. The van der Waals surface area contributed by atoms with Gasteiger partial charge < -0.3 is 10.5 Å². The van der Waals surface area contributed by atoms with Crippen LogP contribution in [0.1, 0.15) is 12.0 Å². The van der Waals surface area contributed by atoms with E-state index in [1.54, 1.807) is 7.11 Å². The highest BCUT2D eigenvalue weighted by Crippen LogP contribution is 2.16. The van der Waals surface area contributed by atoms with Crippen molar-refractivity contribution in [2.24, 2.45) is 5.73 Å². The molecule has 0 aromatic heterocycles. The Balaban J connectivity index is 1.97. The zero-order valence-electron chi connectivity index (χ0n) is 9.65. The molecule has 0 radical (unpaired) electrons. The number of hydrogen-bond donors (Lipinski definition) is 1. The Kier molecular flexibility index (Phi) is 3.47. The van der Waals surface area contributed by atoms with Gasteiger partial charge in [-0.3, -0.25) is 4.90 Å². The van der Waals surface area contributed by atoms with Gasteiger partial charge in [0.1, 0.15) is 5.76 Å². The van der Waals surface area contributed by atoms with Crippen LogP contribution in [0.15, 0.2) is 41.8 Å². The summed E-state index contributed by atoms with van der Waals surface area (Å²) in [6, 6.07) is 10.5. The molecule has 0 aliphatic carbocycles. The Morgan fingerprint density at radius 1 is 1.31 bits per heavy atom. The van der Waals surface area contributed by atoms with Crippen LogP contribution in [0, 0.1) is 0 Å². The summed E-state index contributed by atoms with van der Waals surface area (Å²) in [5.41, 5.74) is 8.14. The first-order valence-corrected chi connectivity index (χ1v) is 5.57. The van der Waals surface area contributed by atoms with Crippen LogP contribution in [-0.4, -0.2) is 25.1 Å². The maximum absolute atomic E-state index is 5.95. The first-order valence-electron chi connectivity index (χ1n) is 5.57. The van der Waals surface area contributed by atoms with Gasteiger partial charge >= 0.3 is 0 Å². The van der Waals surface area contributed by atoms with Gasteiger partial charge in [0.2, 0.25) is 0 Å². The molecule has 2 N–H and O–H groups in total. The number of nitrogens with two attached hydrogens (primary N) is 1. The molecule has 0 saturated heterocycles. The van der Waals surface area contributed by atoms with Crippen molar-refractivity contribution in [1.29, 1.82) is 0 Å². The third-order valence-corrected chi connectivity index (χ3v) is 2.90. The molecular formula is C13H18N2O. The van der Waals surface area contributed by atoms with E-state index in [2.05, 4.69) is 29.2 Å². The molecule has 1 heterocycles. The summed E-state index contributed by atoms with van der Waals surface area (Å²) in [4.78, 5) is 2.34. The molecule has 86 valence electrons. The fourth-order valence-corrected chi connectivity index (χ4v) is 2.04. The highest BCUT2D eigenvalue weighted by molar-refractivity contribution is 5.16. The Morgan fingerprint density at radius 3 is 2.69 bits per heavy atom. The number of ether oxygens (including phenoxy) is 1. The minimum absolute atomic E-state index is 0.804. The van der Waals surface area contributed by atoms with Gasteiger partial charge in [0.05, 0.1) is 12.8 Å². The van der Waals surface area contributed by atoms with Crippen molar-refractivity contribution in [3.05, 3.63) is 47.4 Å². The van der Waals surface area contributed by atoms with E-state index in [1.807, 2.05) is 6.07 Å². The lowest BCUT2D eigenvalue weighted by Crippen LogP contribution is -2.34. The minimum atomic E-state index is 0.804. The molecule has 2 rings (SSSR count). The molecule has 0 amide bonds. The average Bonchev–Trinajstić information content (AvgIpc) is 2.31. The predicted molar refractivity (Wildman–Crippen MR) is 64.6 cm³/mol. The summed E-state index contributed by atoms with van der Waals surface area (Å²) in [6.45, 7) is 2.77. The summed E-state index contributed by atoms with van der Waals surface area (Å²) in [7, 11) is 1.69. The molecule has 0 bridgehead atoms. The van der Waals surface area contributed by atoms with Gasteiger partial charge in [0.15, 0.2) is 0 Å². The summed E-state index contributed by atoms with van der Waals surface area (Å²) in [6.07, 6.45) is 0.912. The van der Waals surface area contributed by atoms with Gasteiger partial charge in [-0.05, 0) is 5.56 Å². The van der Waals surface area contributed by atoms with Crippen molar-refractivity contribution >= 4 is 0 Å². The second-order valence-electron chi connectivity index (χ2n) is 4.10. The van der Waals surface area contributed by atoms with Gasteiger partial charge in [-0.2, -0.15) is 0 Å². The second-order valence-corrected chi connectivity index (χ2v) is 4.10. The van der Waals surface area contributed by atoms with Crippen LogP contribution >= 0.6 is 0 Å². The van der Waals surface area contributed by atoms with E-state index in [-0.39, 0.29) is 0 Å². The van der Waals surface area contributed by atoms with E-state index in [1.165, 1.54) is 5.56 Å². The highest BCUT2D eigenvalue weighted by atomic mass is 16.5. The quantitative estimate of drug-likeness (QED) is 0.839. The normalized spacial score (nSPS) is 17.6. The molecule has 1 aliphatic heterocycles. The standard InChI is InChI=1S/C13H18N2O/c1-16-13-7-8-15(10-12(13)14)9-11-5-3-2-4-6-11/h2-6H,7-10,14H2,1H3. The molecule has 3 heteroatoms. The zero-order valence-corrected chi connectivity index (χ0v) is 9.65. The van der Waals surface area contributed by atoms with Gasteiger partial charge in [-0.25, -0.2) is 0 Å². The first kappa shape index (κ1) is 11.0. The molecule has 3 nitrogen and oxygen atoms in total. The monoisotopic (exact) mass is 218 g/mol. The molecule has 1 aromatic carbocycles. The number of hydrogen-bond acceptors (Lipinski definition) is 3. The maximum atomic E-state index is 5.95. The van der Waals surface area contributed by atoms with Crippen molar-refractivity contribution in [3.8, 4) is 0 Å². The molecule has 0 saturated carbocycles. The lowest BCUT2D eigenvalue weighted by atomic mass is 10.1. The molecule has 0 atom stereocenters. The molecule has 0 fully saturated rings. The van der Waals surface area contributed by atoms with E-state index in [0.29, 0.717) is 0 Å². The Hall–Kier alpha value is -1.48. The van der Waals surface area contributed by atoms with Crippen molar-refractivity contribution in [2.75, 3.05) is 20.2 Å². The van der Waals surface area contributed by atoms with Crippen LogP contribution in [0.3, 0.4) is 0 Å². The van der Waals surface area contributed by atoms with Crippen molar-refractivity contribution < 1.29 is 4.74 Å². The predicted octanol–water partition coefficient (Wildman–Crippen LogP) is 1.71. The molecule has 0 spiro atoms. The highest BCUT2D eigenvalue weighted by Gasteiger charge is 2.17. The van der Waals surface area contributed by atoms with Crippen LogP contribution in [0.25, 0.3) is 0 Å². The Bertz CT molecular complexity index is 373. The van der Waals surface area contributed by atoms with Crippen LogP contribution < -0.4 is 5.73 Å². The fraction of sp³-hybridized carbons (Fsp3) is 0.385. The molecule has 1 aliphatic rings. The third-order valence-electron chi connectivity index (χ3n) is 2.90. The number of methoxy groups -OCH3 is 1. The average molecular weight is 218 g/mol. The summed E-state index contributed by atoms with van der Waals surface area (Å²) in [5, 5.41) is 0. The Labute approximate surface area is 96.5 Å². The van der Waals surface area contributed by atoms with Crippen LogP contribution in [0.5, 0.6) is 0 Å². The van der Waals surface area contributed by atoms with Gasteiger partial charge in [0.25, 0.3) is 0 Å². The van der Waals surface area contributed by atoms with Crippen LogP contribution in [-0.2, 0) is 11.3 Å². The molecule has 1 aromatic rings. The summed E-state index contributed by atoms with van der Waals surface area (Å²) < 4.78 is 5.23. The molecule has 0 unspecified atom stereocenters. The lowest BCUT2D eigenvalue weighted by molar-refractivity contribution is 0.204. The largest absolute Gasteiger partial charge is 0.499 e. The third kappa shape index (κ3) is 2.55. The van der Waals surface area contributed by atoms with Crippen LogP contribution in [0.2, 0.25) is 0 Å². The maximum Gasteiger partial charge on any atom is 0.117 e. The van der Waals surface area contributed by atoms with Crippen molar-refractivity contribution in [2.45, 2.75) is 13.0 Å². The second kappa shape index (κ2) is 5.03. The SMILES string of the molecule is COC1=C(N)CN(Cc2ccccc2)CC1. The van der Waals surface area contributed by atoms with E-state index < -0.39 is 0 Å². The summed E-state index contributed by atoms with van der Waals surface area (Å²) in [5.74, 6) is 0.948. The molecular weight excluding hydrogens is 200 g/mol.